The molecular weight excluding hydrogens is 212 g/mol. The summed E-state index contributed by atoms with van der Waals surface area (Å²) in [7, 11) is 0. The largest absolute Gasteiger partial charge is 0.379 e. The van der Waals surface area contributed by atoms with E-state index in [0.29, 0.717) is 6.04 Å². The Morgan fingerprint density at radius 2 is 1.94 bits per heavy atom. The monoisotopic (exact) mass is 240 g/mol. The molecule has 2 rings (SSSR count). The zero-order chi connectivity index (χ0) is 12.3. The Bertz CT molecular complexity index is 232. The lowest BCUT2D eigenvalue weighted by atomic mass is 9.88. The van der Waals surface area contributed by atoms with Crippen molar-refractivity contribution in [3.05, 3.63) is 0 Å². The van der Waals surface area contributed by atoms with Crippen LogP contribution in [-0.2, 0) is 4.74 Å². The minimum Gasteiger partial charge on any atom is -0.379 e. The molecule has 3 nitrogen and oxygen atoms in total. The third kappa shape index (κ3) is 3.43. The third-order valence-corrected chi connectivity index (χ3v) is 4.40. The highest BCUT2D eigenvalue weighted by Crippen LogP contribution is 2.37. The van der Waals surface area contributed by atoms with Crippen LogP contribution >= 0.6 is 0 Å². The molecule has 0 amide bonds. The smallest absolute Gasteiger partial charge is 0.0594 e. The molecule has 0 spiro atoms. The van der Waals surface area contributed by atoms with Gasteiger partial charge in [0.15, 0.2) is 0 Å². The molecule has 2 fully saturated rings. The van der Waals surface area contributed by atoms with Gasteiger partial charge in [-0.3, -0.25) is 4.90 Å². The normalized spacial score (nSPS) is 24.9. The number of morpholine rings is 1. The molecule has 1 aliphatic heterocycles. The van der Waals surface area contributed by atoms with Crippen LogP contribution in [0.15, 0.2) is 0 Å². The quantitative estimate of drug-likeness (QED) is 0.767. The number of nitrogens with one attached hydrogen (secondary N) is 1. The summed E-state index contributed by atoms with van der Waals surface area (Å²) >= 11 is 0. The summed E-state index contributed by atoms with van der Waals surface area (Å²) in [5.74, 6) is 0.986. The first-order valence-electron chi connectivity index (χ1n) is 7.20. The van der Waals surface area contributed by atoms with Crippen molar-refractivity contribution >= 4 is 0 Å². The predicted molar refractivity (Wildman–Crippen MR) is 71.3 cm³/mol. The second-order valence-corrected chi connectivity index (χ2v) is 6.04. The van der Waals surface area contributed by atoms with E-state index in [4.69, 9.17) is 4.74 Å². The summed E-state index contributed by atoms with van der Waals surface area (Å²) in [6, 6.07) is 0.623. The molecule has 0 bridgehead atoms. The first kappa shape index (κ1) is 13.3. The van der Waals surface area contributed by atoms with Gasteiger partial charge in [0.25, 0.3) is 0 Å². The lowest BCUT2D eigenvalue weighted by Gasteiger charge is -2.46. The summed E-state index contributed by atoms with van der Waals surface area (Å²) in [4.78, 5) is 2.60. The van der Waals surface area contributed by atoms with Gasteiger partial charge >= 0.3 is 0 Å². The fraction of sp³-hybridized carbons (Fsp3) is 1.00. The Labute approximate surface area is 106 Å². The van der Waals surface area contributed by atoms with Crippen molar-refractivity contribution in [2.75, 3.05) is 32.8 Å². The second kappa shape index (κ2) is 5.68. The van der Waals surface area contributed by atoms with E-state index < -0.39 is 0 Å². The lowest BCUT2D eigenvalue weighted by molar-refractivity contribution is -0.0248. The van der Waals surface area contributed by atoms with Crippen molar-refractivity contribution in [2.24, 2.45) is 5.92 Å². The van der Waals surface area contributed by atoms with Gasteiger partial charge in [-0.05, 0) is 32.7 Å². The second-order valence-electron chi connectivity index (χ2n) is 6.04. The van der Waals surface area contributed by atoms with Crippen LogP contribution < -0.4 is 5.32 Å². The molecule has 1 heterocycles. The fourth-order valence-corrected chi connectivity index (χ4v) is 2.91. The molecule has 1 unspecified atom stereocenters. The highest BCUT2D eigenvalue weighted by molar-refractivity contribution is 4.96. The Morgan fingerprint density at radius 1 is 1.29 bits per heavy atom. The zero-order valence-corrected chi connectivity index (χ0v) is 11.7. The minimum atomic E-state index is 0.252. The maximum absolute atomic E-state index is 5.47. The number of ether oxygens (including phenoxy) is 1. The van der Waals surface area contributed by atoms with Gasteiger partial charge < -0.3 is 10.1 Å². The molecule has 0 radical (unpaired) electrons. The predicted octanol–water partition coefficient (Wildman–Crippen LogP) is 1.88. The number of hydrogen-bond donors (Lipinski definition) is 1. The topological polar surface area (TPSA) is 24.5 Å². The highest BCUT2D eigenvalue weighted by Gasteiger charge is 2.38. The molecule has 0 aromatic carbocycles. The Balaban J connectivity index is 1.96. The van der Waals surface area contributed by atoms with E-state index in [2.05, 4.69) is 31.0 Å². The average molecular weight is 240 g/mol. The SMILES string of the molecule is CCNC(CC1CC1)C(C)(C)N1CCOCC1. The summed E-state index contributed by atoms with van der Waals surface area (Å²) < 4.78 is 5.47. The average Bonchev–Trinajstić information content (AvgIpc) is 3.14. The maximum Gasteiger partial charge on any atom is 0.0594 e. The van der Waals surface area contributed by atoms with Crippen LogP contribution in [0.1, 0.15) is 40.0 Å². The van der Waals surface area contributed by atoms with E-state index in [1.54, 1.807) is 0 Å². The van der Waals surface area contributed by atoms with Crippen LogP contribution in [0, 0.1) is 5.92 Å². The molecule has 1 N–H and O–H groups in total. The number of likely N-dealkylation sites (N-methyl/N-ethyl adjacent to an activating group) is 1. The van der Waals surface area contributed by atoms with Gasteiger partial charge in [-0.1, -0.05) is 19.8 Å². The van der Waals surface area contributed by atoms with Crippen molar-refractivity contribution in [2.45, 2.75) is 51.6 Å². The van der Waals surface area contributed by atoms with Gasteiger partial charge in [-0.25, -0.2) is 0 Å². The first-order chi connectivity index (χ1) is 8.14. The van der Waals surface area contributed by atoms with Crippen molar-refractivity contribution in [1.29, 1.82) is 0 Å². The van der Waals surface area contributed by atoms with Gasteiger partial charge in [0.2, 0.25) is 0 Å². The molecule has 3 heteroatoms. The Morgan fingerprint density at radius 3 is 2.47 bits per heavy atom. The molecule has 1 atom stereocenters. The number of hydrogen-bond acceptors (Lipinski definition) is 3. The van der Waals surface area contributed by atoms with Crippen molar-refractivity contribution < 1.29 is 4.74 Å². The first-order valence-corrected chi connectivity index (χ1v) is 7.20. The van der Waals surface area contributed by atoms with E-state index in [9.17, 15) is 0 Å². The molecule has 1 saturated heterocycles. The molecular formula is C14H28N2O. The van der Waals surface area contributed by atoms with Gasteiger partial charge in [0.1, 0.15) is 0 Å². The van der Waals surface area contributed by atoms with Crippen LogP contribution in [0.4, 0.5) is 0 Å². The van der Waals surface area contributed by atoms with Gasteiger partial charge in [0, 0.05) is 24.7 Å². The number of nitrogens with zero attached hydrogens (tertiary/aromatic N) is 1. The van der Waals surface area contributed by atoms with E-state index >= 15 is 0 Å². The molecule has 17 heavy (non-hydrogen) atoms. The van der Waals surface area contributed by atoms with Crippen molar-refractivity contribution in [3.63, 3.8) is 0 Å². The fourth-order valence-electron chi connectivity index (χ4n) is 2.91. The molecule has 0 aromatic heterocycles. The lowest BCUT2D eigenvalue weighted by Crippen LogP contribution is -2.60. The van der Waals surface area contributed by atoms with Crippen LogP contribution in [0.25, 0.3) is 0 Å². The summed E-state index contributed by atoms with van der Waals surface area (Å²) in [5, 5.41) is 3.71. The highest BCUT2D eigenvalue weighted by atomic mass is 16.5. The maximum atomic E-state index is 5.47. The molecule has 1 aliphatic carbocycles. The molecule has 0 aromatic rings. The molecule has 2 aliphatic rings. The van der Waals surface area contributed by atoms with Crippen LogP contribution in [0.2, 0.25) is 0 Å². The summed E-state index contributed by atoms with van der Waals surface area (Å²) in [6.45, 7) is 12.0. The number of rotatable bonds is 6. The summed E-state index contributed by atoms with van der Waals surface area (Å²) in [6.07, 6.45) is 4.24. The third-order valence-electron chi connectivity index (χ3n) is 4.40. The van der Waals surface area contributed by atoms with Crippen molar-refractivity contribution in [1.82, 2.24) is 10.2 Å². The van der Waals surface area contributed by atoms with Crippen LogP contribution in [0.5, 0.6) is 0 Å². The van der Waals surface area contributed by atoms with E-state index in [-0.39, 0.29) is 5.54 Å². The molecule has 1 saturated carbocycles. The molecule has 100 valence electrons. The van der Waals surface area contributed by atoms with E-state index in [1.807, 2.05) is 0 Å². The van der Waals surface area contributed by atoms with Crippen LogP contribution in [-0.4, -0.2) is 49.3 Å². The van der Waals surface area contributed by atoms with Gasteiger partial charge in [0.05, 0.1) is 13.2 Å². The minimum absolute atomic E-state index is 0.252. The summed E-state index contributed by atoms with van der Waals surface area (Å²) in [5.41, 5.74) is 0.252. The standard InChI is InChI=1S/C14H28N2O/c1-4-15-13(11-12-5-6-12)14(2,3)16-7-9-17-10-8-16/h12-13,15H,4-11H2,1-3H3. The van der Waals surface area contributed by atoms with Gasteiger partial charge in [-0.2, -0.15) is 0 Å². The van der Waals surface area contributed by atoms with Gasteiger partial charge in [-0.15, -0.1) is 0 Å². The van der Waals surface area contributed by atoms with E-state index in [0.717, 1.165) is 38.8 Å². The van der Waals surface area contributed by atoms with Crippen molar-refractivity contribution in [3.8, 4) is 0 Å². The Kier molecular flexibility index (Phi) is 4.45. The van der Waals surface area contributed by atoms with E-state index in [1.165, 1.54) is 19.3 Å². The zero-order valence-electron chi connectivity index (χ0n) is 11.7. The van der Waals surface area contributed by atoms with Crippen LogP contribution in [0.3, 0.4) is 0 Å². The Hall–Kier alpha value is -0.120.